The summed E-state index contributed by atoms with van der Waals surface area (Å²) < 4.78 is 52.5. The normalized spacial score (nSPS) is 17.9. The number of hydrogen-bond donors (Lipinski definition) is 0. The van der Waals surface area contributed by atoms with Crippen LogP contribution in [0, 0.1) is 11.3 Å². The molecule has 66 heavy (non-hydrogen) atoms. The molecular formula is C53H78BN2O9P. The molecule has 0 amide bonds. The van der Waals surface area contributed by atoms with Crippen molar-refractivity contribution in [1.29, 1.82) is 5.26 Å². The Morgan fingerprint density at radius 3 is 1.62 bits per heavy atom. The van der Waals surface area contributed by atoms with Gasteiger partial charge in [-0.05, 0) is 81.5 Å². The molecule has 4 rings (SSSR count). The van der Waals surface area contributed by atoms with Crippen LogP contribution in [-0.2, 0) is 38.4 Å². The first-order valence-corrected chi connectivity index (χ1v) is 25.6. The molecule has 0 aliphatic carbocycles. The highest BCUT2D eigenvalue weighted by Gasteiger charge is 2.48. The van der Waals surface area contributed by atoms with Crippen molar-refractivity contribution >= 4 is 22.3 Å². The minimum Gasteiger partial charge on any atom is -0.497 e. The van der Waals surface area contributed by atoms with Gasteiger partial charge in [0.05, 0.1) is 46.5 Å². The second-order valence-electron chi connectivity index (χ2n) is 17.7. The van der Waals surface area contributed by atoms with Gasteiger partial charge in [0.15, 0.2) is 0 Å². The summed E-state index contributed by atoms with van der Waals surface area (Å²) in [5, 5.41) is 9.44. The van der Waals surface area contributed by atoms with E-state index in [0.29, 0.717) is 13.2 Å². The minimum atomic E-state index is -1.65. The van der Waals surface area contributed by atoms with Crippen molar-refractivity contribution in [1.82, 2.24) is 4.67 Å². The summed E-state index contributed by atoms with van der Waals surface area (Å²) >= 11 is 0. The summed E-state index contributed by atoms with van der Waals surface area (Å²) in [4.78, 5) is 10.9. The molecule has 11 nitrogen and oxygen atoms in total. The first-order valence-electron chi connectivity index (χ1n) is 24.4. The van der Waals surface area contributed by atoms with Crippen LogP contribution in [0.15, 0.2) is 78.9 Å². The van der Waals surface area contributed by atoms with Crippen molar-refractivity contribution in [2.75, 3.05) is 40.6 Å². The molecule has 3 aromatic carbocycles. The number of rotatable bonds is 34. The lowest BCUT2D eigenvalue weighted by molar-refractivity contribution is -0.141. The van der Waals surface area contributed by atoms with Gasteiger partial charge in [-0.3, -0.25) is 4.79 Å². The Kier molecular flexibility index (Phi) is 25.7. The standard InChI is InChI=1S/C53H78BN2O9P/c1-41(2)56(42(3)4)66(63-39-25-36-55)65-50-49(64-52(54)51(50)61-38-24-19-17-15-13-11-9-8-10-12-14-16-18-23-37-60-43(5)57)40-62-53(44-26-21-20-22-27-44,45-28-32-47(58-6)33-29-45)46-30-34-48(59-7)35-31-46/h20-22,26-35,41-42,49-52H,8-19,23-25,37-40H2,1-7H3/t49-,50-,51-,52-,66?/m1/s1. The molecule has 1 unspecified atom stereocenters. The Morgan fingerprint density at radius 2 is 1.17 bits per heavy atom. The molecule has 0 spiro atoms. The maximum absolute atomic E-state index is 10.9. The van der Waals surface area contributed by atoms with Crippen molar-refractivity contribution in [3.8, 4) is 17.6 Å². The smallest absolute Gasteiger partial charge is 0.302 e. The topological polar surface area (TPSA) is 118 Å². The number of nitrogens with zero attached hydrogens (tertiary/aromatic N) is 2. The molecule has 0 aromatic heterocycles. The lowest BCUT2D eigenvalue weighted by atomic mass is 9.80. The SMILES string of the molecule is [B][C@@H]1O[C@H](COC(c2ccccc2)(c2ccc(OC)cc2)c2ccc(OC)cc2)[C@@H](OP(OCCC#N)N(C(C)C)C(C)C)[C@H]1OCCCCCCCCCCCCCCCCOC(C)=O. The number of ether oxygens (including phenoxy) is 6. The second kappa shape index (κ2) is 30.8. The van der Waals surface area contributed by atoms with E-state index >= 15 is 0 Å². The molecule has 0 bridgehead atoms. The monoisotopic (exact) mass is 929 g/mol. The van der Waals surface area contributed by atoms with Crippen LogP contribution in [0.1, 0.15) is 148 Å². The molecule has 0 N–H and O–H groups in total. The predicted octanol–water partition coefficient (Wildman–Crippen LogP) is 12.0. The van der Waals surface area contributed by atoms with Crippen LogP contribution in [0.5, 0.6) is 11.5 Å². The van der Waals surface area contributed by atoms with Crippen LogP contribution < -0.4 is 9.47 Å². The van der Waals surface area contributed by atoms with E-state index in [4.69, 9.17) is 45.3 Å². The average Bonchev–Trinajstić information content (AvgIpc) is 3.61. The van der Waals surface area contributed by atoms with Crippen LogP contribution >= 0.6 is 8.53 Å². The molecule has 362 valence electrons. The zero-order chi connectivity index (χ0) is 47.6. The number of esters is 1. The third-order valence-electron chi connectivity index (χ3n) is 12.0. The number of nitriles is 1. The Labute approximate surface area is 399 Å². The van der Waals surface area contributed by atoms with E-state index in [9.17, 15) is 10.1 Å². The number of methoxy groups -OCH3 is 2. The van der Waals surface area contributed by atoms with E-state index in [1.807, 2.05) is 66.7 Å². The summed E-state index contributed by atoms with van der Waals surface area (Å²) in [5.41, 5.74) is 1.65. The van der Waals surface area contributed by atoms with Crippen LogP contribution in [0.25, 0.3) is 0 Å². The van der Waals surface area contributed by atoms with E-state index in [1.165, 1.54) is 64.7 Å². The highest BCUT2D eigenvalue weighted by Crippen LogP contribution is 2.50. The van der Waals surface area contributed by atoms with Gasteiger partial charge in [-0.25, -0.2) is 4.67 Å². The molecule has 1 heterocycles. The first-order chi connectivity index (χ1) is 32.0. The van der Waals surface area contributed by atoms with Gasteiger partial charge in [0.1, 0.15) is 43.3 Å². The fourth-order valence-corrected chi connectivity index (χ4v) is 10.4. The van der Waals surface area contributed by atoms with Gasteiger partial charge < -0.3 is 37.5 Å². The zero-order valence-electron chi connectivity index (χ0n) is 41.0. The molecule has 2 radical (unpaired) electrons. The van der Waals surface area contributed by atoms with Gasteiger partial charge in [0, 0.05) is 31.6 Å². The van der Waals surface area contributed by atoms with Gasteiger partial charge in [0.2, 0.25) is 0 Å². The summed E-state index contributed by atoms with van der Waals surface area (Å²) in [7, 11) is 8.52. The molecular weight excluding hydrogens is 850 g/mol. The van der Waals surface area contributed by atoms with Crippen LogP contribution in [-0.4, -0.2) is 95.5 Å². The number of carbonyl (C=O) groups excluding carboxylic acids is 1. The first kappa shape index (κ1) is 55.1. The van der Waals surface area contributed by atoms with Gasteiger partial charge in [-0.15, -0.1) is 0 Å². The molecule has 13 heteroatoms. The lowest BCUT2D eigenvalue weighted by Gasteiger charge is -2.39. The van der Waals surface area contributed by atoms with Crippen molar-refractivity contribution in [3.05, 3.63) is 95.6 Å². The summed E-state index contributed by atoms with van der Waals surface area (Å²) in [6.07, 6.45) is 15.0. The van der Waals surface area contributed by atoms with E-state index in [0.717, 1.165) is 60.3 Å². The van der Waals surface area contributed by atoms with Gasteiger partial charge in [0.25, 0.3) is 8.53 Å². The Bertz CT molecular complexity index is 1740. The number of benzene rings is 3. The molecule has 0 saturated carbocycles. The summed E-state index contributed by atoms with van der Waals surface area (Å²) in [5.74, 6) is 1.28. The Balaban J connectivity index is 1.45. The highest BCUT2D eigenvalue weighted by atomic mass is 31.2. The van der Waals surface area contributed by atoms with Gasteiger partial charge >= 0.3 is 5.97 Å². The van der Waals surface area contributed by atoms with Crippen LogP contribution in [0.2, 0.25) is 0 Å². The average molecular weight is 929 g/mol. The maximum Gasteiger partial charge on any atom is 0.302 e. The van der Waals surface area contributed by atoms with E-state index in [1.54, 1.807) is 14.2 Å². The summed E-state index contributed by atoms with van der Waals surface area (Å²) in [6, 6.07) is 27.7. The van der Waals surface area contributed by atoms with Crippen molar-refractivity contribution < 1.29 is 42.3 Å². The number of carbonyl (C=O) groups is 1. The van der Waals surface area contributed by atoms with E-state index in [2.05, 4.69) is 50.6 Å². The fraction of sp³-hybridized carbons (Fsp3) is 0.623. The second-order valence-corrected chi connectivity index (χ2v) is 19.1. The Hall–Kier alpha value is -3.53. The van der Waals surface area contributed by atoms with Crippen molar-refractivity contribution in [2.45, 2.75) is 173 Å². The lowest BCUT2D eigenvalue weighted by Crippen LogP contribution is -2.43. The molecule has 1 aliphatic heterocycles. The van der Waals surface area contributed by atoms with Gasteiger partial charge in [-0.2, -0.15) is 5.26 Å². The predicted molar refractivity (Wildman–Crippen MR) is 264 cm³/mol. The van der Waals surface area contributed by atoms with Crippen molar-refractivity contribution in [2.24, 2.45) is 0 Å². The quantitative estimate of drug-likeness (QED) is 0.0187. The molecule has 1 aliphatic rings. The molecule has 5 atom stereocenters. The maximum atomic E-state index is 10.9. The van der Waals surface area contributed by atoms with Crippen LogP contribution in [0.4, 0.5) is 0 Å². The highest BCUT2D eigenvalue weighted by molar-refractivity contribution is 7.44. The van der Waals surface area contributed by atoms with E-state index in [-0.39, 0.29) is 37.7 Å². The fourth-order valence-electron chi connectivity index (χ4n) is 8.65. The van der Waals surface area contributed by atoms with Crippen LogP contribution in [0.3, 0.4) is 0 Å². The largest absolute Gasteiger partial charge is 0.497 e. The van der Waals surface area contributed by atoms with Crippen molar-refractivity contribution in [3.63, 3.8) is 0 Å². The third kappa shape index (κ3) is 17.5. The minimum absolute atomic E-state index is 0.0981. The molecule has 1 saturated heterocycles. The third-order valence-corrected chi connectivity index (χ3v) is 14.1. The molecule has 1 fully saturated rings. The van der Waals surface area contributed by atoms with Gasteiger partial charge in [-0.1, -0.05) is 132 Å². The molecule has 3 aromatic rings. The Morgan fingerprint density at radius 1 is 0.697 bits per heavy atom. The van der Waals surface area contributed by atoms with E-state index < -0.39 is 38.4 Å². The zero-order valence-corrected chi connectivity index (χ0v) is 41.9. The summed E-state index contributed by atoms with van der Waals surface area (Å²) in [6.45, 7) is 11.4. The number of unbranched alkanes of at least 4 members (excludes halogenated alkanes) is 13. The number of hydrogen-bond acceptors (Lipinski definition) is 11.